The van der Waals surface area contributed by atoms with E-state index in [-0.39, 0.29) is 0 Å². The smallest absolute Gasteiger partial charge is 0.284 e. The van der Waals surface area contributed by atoms with Crippen LogP contribution >= 0.6 is 0 Å². The van der Waals surface area contributed by atoms with Crippen LogP contribution in [-0.4, -0.2) is 12.9 Å². The number of carbonyl (C=O) groups excluding carboxylic acids is 1. The van der Waals surface area contributed by atoms with Gasteiger partial charge in [-0.3, -0.25) is 4.79 Å². The van der Waals surface area contributed by atoms with Gasteiger partial charge in [0.2, 0.25) is 0 Å². The van der Waals surface area contributed by atoms with Crippen molar-refractivity contribution in [2.24, 2.45) is 0 Å². The molecule has 0 aliphatic carbocycles. The van der Waals surface area contributed by atoms with E-state index in [1.807, 2.05) is 0 Å². The molecule has 24 heavy (non-hydrogen) atoms. The molecule has 0 atom stereocenters. The van der Waals surface area contributed by atoms with Gasteiger partial charge in [0.15, 0.2) is 12.0 Å². The molecule has 0 aliphatic rings. The maximum Gasteiger partial charge on any atom is 0.284 e. The van der Waals surface area contributed by atoms with E-state index < -0.39 is 0 Å². The average Bonchev–Trinajstić information content (AvgIpc) is 3.06. The molecular weight excluding hydrogens is 300 g/mol. The molecule has 3 nitrogen and oxygen atoms in total. The van der Waals surface area contributed by atoms with Crippen LogP contribution in [0.2, 0.25) is 0 Å². The van der Waals surface area contributed by atoms with Crippen molar-refractivity contribution in [1.82, 2.24) is 0 Å². The van der Waals surface area contributed by atoms with Crippen LogP contribution in [0.1, 0.15) is 107 Å². The average molecular weight is 337 g/mol. The van der Waals surface area contributed by atoms with Gasteiger partial charge in [-0.1, -0.05) is 90.4 Å². The Labute approximate surface area is 148 Å². The van der Waals surface area contributed by atoms with Gasteiger partial charge in [-0.15, -0.1) is 0 Å². The van der Waals surface area contributed by atoms with Crippen molar-refractivity contribution >= 4 is 6.29 Å². The van der Waals surface area contributed by atoms with E-state index in [4.69, 9.17) is 9.15 Å². The highest BCUT2D eigenvalue weighted by Crippen LogP contribution is 2.16. The van der Waals surface area contributed by atoms with Gasteiger partial charge in [0, 0.05) is 6.07 Å². The SMILES string of the molecule is CCCCCCCCCCCCCCCCOc1ccc(C=O)o1. The van der Waals surface area contributed by atoms with Crippen LogP contribution in [0, 0.1) is 0 Å². The largest absolute Gasteiger partial charge is 0.465 e. The second kappa shape index (κ2) is 15.3. The van der Waals surface area contributed by atoms with Crippen LogP contribution in [0.5, 0.6) is 5.95 Å². The Bertz CT molecular complexity index is 398. The fourth-order valence-electron chi connectivity index (χ4n) is 2.94. The molecule has 1 rings (SSSR count). The predicted octanol–water partition coefficient (Wildman–Crippen LogP) is 6.95. The van der Waals surface area contributed by atoms with Crippen LogP contribution in [0.15, 0.2) is 16.5 Å². The summed E-state index contributed by atoms with van der Waals surface area (Å²) >= 11 is 0. The number of aldehydes is 1. The summed E-state index contributed by atoms with van der Waals surface area (Å²) in [6.07, 6.45) is 19.7. The first-order valence-electron chi connectivity index (χ1n) is 10.0. The van der Waals surface area contributed by atoms with Crippen molar-refractivity contribution in [2.75, 3.05) is 6.61 Å². The van der Waals surface area contributed by atoms with Crippen LogP contribution < -0.4 is 4.74 Å². The van der Waals surface area contributed by atoms with Crippen LogP contribution in [0.3, 0.4) is 0 Å². The third kappa shape index (κ3) is 11.3. The number of rotatable bonds is 17. The van der Waals surface area contributed by atoms with Crippen molar-refractivity contribution in [2.45, 2.75) is 96.8 Å². The maximum absolute atomic E-state index is 10.5. The van der Waals surface area contributed by atoms with Gasteiger partial charge >= 0.3 is 0 Å². The lowest BCUT2D eigenvalue weighted by Gasteiger charge is -2.04. The summed E-state index contributed by atoms with van der Waals surface area (Å²) in [7, 11) is 0. The van der Waals surface area contributed by atoms with Gasteiger partial charge in [-0.25, -0.2) is 0 Å². The standard InChI is InChI=1S/C21H36O3/c1-2-3-4-5-6-7-8-9-10-11-12-13-14-15-18-23-21-17-16-20(19-22)24-21/h16-17,19H,2-15,18H2,1H3. The van der Waals surface area contributed by atoms with Crippen molar-refractivity contribution in [3.05, 3.63) is 17.9 Å². The van der Waals surface area contributed by atoms with Crippen LogP contribution in [0.25, 0.3) is 0 Å². The molecule has 0 unspecified atom stereocenters. The van der Waals surface area contributed by atoms with E-state index in [9.17, 15) is 4.79 Å². The molecule has 138 valence electrons. The summed E-state index contributed by atoms with van der Waals surface area (Å²) in [6.45, 7) is 2.94. The molecule has 1 aromatic heterocycles. The molecule has 0 spiro atoms. The van der Waals surface area contributed by atoms with E-state index in [2.05, 4.69) is 6.92 Å². The lowest BCUT2D eigenvalue weighted by Crippen LogP contribution is -1.96. The van der Waals surface area contributed by atoms with E-state index >= 15 is 0 Å². The highest BCUT2D eigenvalue weighted by atomic mass is 16.6. The summed E-state index contributed by atoms with van der Waals surface area (Å²) in [5, 5.41) is 0. The zero-order valence-corrected chi connectivity index (χ0v) is 15.6. The molecule has 0 amide bonds. The molecule has 0 radical (unpaired) electrons. The molecule has 0 aromatic carbocycles. The first-order valence-corrected chi connectivity index (χ1v) is 10.0. The van der Waals surface area contributed by atoms with E-state index in [0.29, 0.717) is 24.6 Å². The summed E-state index contributed by atoms with van der Waals surface area (Å²) in [4.78, 5) is 10.5. The number of furan rings is 1. The van der Waals surface area contributed by atoms with E-state index in [1.54, 1.807) is 12.1 Å². The van der Waals surface area contributed by atoms with Crippen molar-refractivity contribution in [3.8, 4) is 5.95 Å². The van der Waals surface area contributed by atoms with Crippen LogP contribution in [-0.2, 0) is 0 Å². The Balaban J connectivity index is 1.75. The number of unbranched alkanes of at least 4 members (excludes halogenated alkanes) is 13. The highest BCUT2D eigenvalue weighted by Gasteiger charge is 2.01. The maximum atomic E-state index is 10.5. The number of ether oxygens (including phenoxy) is 1. The Hall–Kier alpha value is -1.25. The fraction of sp³-hybridized carbons (Fsp3) is 0.762. The third-order valence-electron chi connectivity index (χ3n) is 4.46. The minimum atomic E-state index is 0.325. The number of hydrogen-bond acceptors (Lipinski definition) is 3. The van der Waals surface area contributed by atoms with Crippen molar-refractivity contribution in [1.29, 1.82) is 0 Å². The van der Waals surface area contributed by atoms with Gasteiger partial charge in [0.25, 0.3) is 5.95 Å². The Morgan fingerprint density at radius 2 is 1.29 bits per heavy atom. The minimum Gasteiger partial charge on any atom is -0.465 e. The van der Waals surface area contributed by atoms with E-state index in [1.165, 1.54) is 83.5 Å². The summed E-state index contributed by atoms with van der Waals surface area (Å²) in [6, 6.07) is 3.33. The van der Waals surface area contributed by atoms with Crippen molar-refractivity contribution in [3.63, 3.8) is 0 Å². The lowest BCUT2D eigenvalue weighted by atomic mass is 10.0. The fourth-order valence-corrected chi connectivity index (χ4v) is 2.94. The van der Waals surface area contributed by atoms with E-state index in [0.717, 1.165) is 6.42 Å². The van der Waals surface area contributed by atoms with Gasteiger partial charge in [-0.05, 0) is 12.5 Å². The summed E-state index contributed by atoms with van der Waals surface area (Å²) in [5.41, 5.74) is 0. The Morgan fingerprint density at radius 3 is 1.75 bits per heavy atom. The van der Waals surface area contributed by atoms with Gasteiger partial charge in [-0.2, -0.15) is 0 Å². The van der Waals surface area contributed by atoms with Gasteiger partial charge in [0.1, 0.15) is 0 Å². The molecule has 0 bridgehead atoms. The first kappa shape index (κ1) is 20.8. The van der Waals surface area contributed by atoms with Crippen molar-refractivity contribution < 1.29 is 13.9 Å². The second-order valence-electron chi connectivity index (χ2n) is 6.72. The molecule has 3 heteroatoms. The lowest BCUT2D eigenvalue weighted by molar-refractivity contribution is 0.109. The predicted molar refractivity (Wildman–Crippen MR) is 99.9 cm³/mol. The molecule has 0 N–H and O–H groups in total. The van der Waals surface area contributed by atoms with Gasteiger partial charge < -0.3 is 9.15 Å². The molecule has 0 saturated carbocycles. The zero-order chi connectivity index (χ0) is 17.3. The third-order valence-corrected chi connectivity index (χ3v) is 4.46. The zero-order valence-electron chi connectivity index (χ0n) is 15.6. The topological polar surface area (TPSA) is 39.4 Å². The van der Waals surface area contributed by atoms with Gasteiger partial charge in [0.05, 0.1) is 6.61 Å². The molecular formula is C21H36O3. The minimum absolute atomic E-state index is 0.325. The monoisotopic (exact) mass is 336 g/mol. The second-order valence-corrected chi connectivity index (χ2v) is 6.72. The highest BCUT2D eigenvalue weighted by molar-refractivity contribution is 5.70. The summed E-state index contributed by atoms with van der Waals surface area (Å²) < 4.78 is 10.6. The molecule has 0 saturated heterocycles. The first-order chi connectivity index (χ1) is 11.9. The molecule has 0 fully saturated rings. The normalized spacial score (nSPS) is 10.9. The number of carbonyl (C=O) groups is 1. The quantitative estimate of drug-likeness (QED) is 0.228. The molecule has 1 heterocycles. The number of hydrogen-bond donors (Lipinski definition) is 0. The van der Waals surface area contributed by atoms with Crippen LogP contribution in [0.4, 0.5) is 0 Å². The summed E-state index contributed by atoms with van der Waals surface area (Å²) in [5.74, 6) is 0.776. The Morgan fingerprint density at radius 1 is 0.792 bits per heavy atom. The molecule has 1 aromatic rings. The Kier molecular flexibility index (Phi) is 13.2. The molecule has 0 aliphatic heterocycles.